The fourth-order valence-corrected chi connectivity index (χ4v) is 0.880. The van der Waals surface area contributed by atoms with E-state index in [2.05, 4.69) is 16.2 Å². The molecule has 0 aromatic carbocycles. The van der Waals surface area contributed by atoms with Gasteiger partial charge in [0.15, 0.2) is 0 Å². The van der Waals surface area contributed by atoms with Gasteiger partial charge in [-0.2, -0.15) is 0 Å². The van der Waals surface area contributed by atoms with Crippen LogP contribution in [0, 0.1) is 12.3 Å². The molecule has 0 saturated heterocycles. The molecule has 0 atom stereocenters. The Labute approximate surface area is 76.2 Å². The Kier molecular flexibility index (Phi) is 2.87. The van der Waals surface area contributed by atoms with Crippen LogP contribution in [-0.2, 0) is 0 Å². The maximum Gasteiger partial charge on any atom is 0.252 e. The van der Waals surface area contributed by atoms with Gasteiger partial charge in [0.1, 0.15) is 5.82 Å². The summed E-state index contributed by atoms with van der Waals surface area (Å²) in [6.07, 6.45) is 6.61. The predicted molar refractivity (Wildman–Crippen MR) is 50.1 cm³/mol. The topological polar surface area (TPSA) is 68.0 Å². The number of amides is 1. The molecule has 0 spiro atoms. The number of carbonyl (C=O) groups excluding carboxylic acids is 1. The molecule has 13 heavy (non-hydrogen) atoms. The number of rotatable bonds is 3. The van der Waals surface area contributed by atoms with Crippen LogP contribution in [0.15, 0.2) is 18.3 Å². The Balaban J connectivity index is 2.92. The van der Waals surface area contributed by atoms with E-state index in [1.807, 2.05) is 0 Å². The minimum atomic E-state index is -0.521. The van der Waals surface area contributed by atoms with E-state index in [0.717, 1.165) is 0 Å². The first-order valence-corrected chi connectivity index (χ1v) is 3.68. The maximum atomic E-state index is 10.9. The highest BCUT2D eigenvalue weighted by Gasteiger charge is 2.06. The van der Waals surface area contributed by atoms with E-state index in [9.17, 15) is 4.79 Å². The molecule has 1 rings (SSSR count). The van der Waals surface area contributed by atoms with Gasteiger partial charge >= 0.3 is 0 Å². The standard InChI is InChI=1S/C9H9N3O/c1-2-5-11-9-7(8(10)13)4-3-6-12-9/h1,3-4,6H,5H2,(H2,10,13)(H,11,12). The van der Waals surface area contributed by atoms with Gasteiger partial charge in [-0.25, -0.2) is 4.98 Å². The number of hydrogen-bond acceptors (Lipinski definition) is 3. The van der Waals surface area contributed by atoms with Gasteiger partial charge in [0.2, 0.25) is 0 Å². The van der Waals surface area contributed by atoms with Crippen molar-refractivity contribution >= 4 is 11.7 Å². The van der Waals surface area contributed by atoms with E-state index >= 15 is 0 Å². The van der Waals surface area contributed by atoms with Crippen molar-refractivity contribution in [1.29, 1.82) is 0 Å². The Morgan fingerprint density at radius 3 is 3.15 bits per heavy atom. The molecular formula is C9H9N3O. The van der Waals surface area contributed by atoms with Gasteiger partial charge in [0.05, 0.1) is 12.1 Å². The smallest absolute Gasteiger partial charge is 0.252 e. The molecule has 0 unspecified atom stereocenters. The second-order valence-electron chi connectivity index (χ2n) is 2.32. The molecule has 0 fully saturated rings. The van der Waals surface area contributed by atoms with Crippen LogP contribution < -0.4 is 11.1 Å². The number of nitrogens with two attached hydrogens (primary N) is 1. The molecule has 1 aromatic rings. The zero-order valence-electron chi connectivity index (χ0n) is 6.95. The van der Waals surface area contributed by atoms with Crippen molar-refractivity contribution in [2.45, 2.75) is 0 Å². The van der Waals surface area contributed by atoms with Crippen LogP contribution in [0.25, 0.3) is 0 Å². The summed E-state index contributed by atoms with van der Waals surface area (Å²) < 4.78 is 0. The number of carbonyl (C=O) groups is 1. The fourth-order valence-electron chi connectivity index (χ4n) is 0.880. The molecule has 0 aliphatic carbocycles. The van der Waals surface area contributed by atoms with E-state index in [0.29, 0.717) is 17.9 Å². The first-order chi connectivity index (χ1) is 6.25. The summed E-state index contributed by atoms with van der Waals surface area (Å²) in [5.41, 5.74) is 5.46. The highest BCUT2D eigenvalue weighted by atomic mass is 16.1. The van der Waals surface area contributed by atoms with Crippen molar-refractivity contribution in [1.82, 2.24) is 4.98 Å². The Hall–Kier alpha value is -2.02. The van der Waals surface area contributed by atoms with Crippen molar-refractivity contribution in [2.24, 2.45) is 5.73 Å². The first kappa shape index (κ1) is 9.07. The third kappa shape index (κ3) is 2.20. The SMILES string of the molecule is C#CCNc1ncccc1C(N)=O. The Bertz CT molecular complexity index is 354. The monoisotopic (exact) mass is 175 g/mol. The summed E-state index contributed by atoms with van der Waals surface area (Å²) in [6.45, 7) is 0.317. The molecule has 66 valence electrons. The average molecular weight is 175 g/mol. The zero-order valence-corrected chi connectivity index (χ0v) is 6.95. The van der Waals surface area contributed by atoms with Crippen molar-refractivity contribution in [2.75, 3.05) is 11.9 Å². The third-order valence-electron chi connectivity index (χ3n) is 1.43. The summed E-state index contributed by atoms with van der Waals surface area (Å²) >= 11 is 0. The van der Waals surface area contributed by atoms with Crippen LogP contribution in [0.3, 0.4) is 0 Å². The van der Waals surface area contributed by atoms with Crippen LogP contribution in [-0.4, -0.2) is 17.4 Å². The van der Waals surface area contributed by atoms with Crippen LogP contribution in [0.5, 0.6) is 0 Å². The minimum absolute atomic E-state index is 0.317. The van der Waals surface area contributed by atoms with E-state index in [1.165, 1.54) is 0 Å². The van der Waals surface area contributed by atoms with E-state index in [-0.39, 0.29) is 0 Å². The number of pyridine rings is 1. The van der Waals surface area contributed by atoms with Gasteiger partial charge in [-0.15, -0.1) is 6.42 Å². The Morgan fingerprint density at radius 1 is 1.77 bits per heavy atom. The van der Waals surface area contributed by atoms with E-state index in [4.69, 9.17) is 12.2 Å². The molecule has 4 heteroatoms. The highest BCUT2D eigenvalue weighted by Crippen LogP contribution is 2.09. The van der Waals surface area contributed by atoms with Gasteiger partial charge in [-0.1, -0.05) is 5.92 Å². The minimum Gasteiger partial charge on any atom is -0.365 e. The van der Waals surface area contributed by atoms with Crippen LogP contribution in [0.4, 0.5) is 5.82 Å². The predicted octanol–water partition coefficient (Wildman–Crippen LogP) is 0.226. The largest absolute Gasteiger partial charge is 0.365 e. The second kappa shape index (κ2) is 4.12. The molecule has 1 aromatic heterocycles. The average Bonchev–Trinajstić information content (AvgIpc) is 2.15. The van der Waals surface area contributed by atoms with Crippen molar-refractivity contribution in [3.8, 4) is 12.3 Å². The van der Waals surface area contributed by atoms with Gasteiger partial charge in [-0.3, -0.25) is 4.79 Å². The molecule has 1 heterocycles. The lowest BCUT2D eigenvalue weighted by molar-refractivity contribution is 0.100. The summed E-state index contributed by atoms with van der Waals surface area (Å²) in [5.74, 6) is 2.28. The molecule has 0 aliphatic rings. The first-order valence-electron chi connectivity index (χ1n) is 3.68. The molecule has 4 nitrogen and oxygen atoms in total. The lowest BCUT2D eigenvalue weighted by Crippen LogP contribution is -2.15. The lowest BCUT2D eigenvalue weighted by Gasteiger charge is -2.04. The van der Waals surface area contributed by atoms with Gasteiger partial charge < -0.3 is 11.1 Å². The molecule has 0 bridgehead atoms. The molecule has 0 saturated carbocycles. The summed E-state index contributed by atoms with van der Waals surface area (Å²) in [7, 11) is 0. The molecule has 0 aliphatic heterocycles. The molecule has 1 amide bonds. The van der Waals surface area contributed by atoms with Crippen LogP contribution in [0.1, 0.15) is 10.4 Å². The molecular weight excluding hydrogens is 166 g/mol. The fraction of sp³-hybridized carbons (Fsp3) is 0.111. The number of anilines is 1. The van der Waals surface area contributed by atoms with Gasteiger partial charge in [0, 0.05) is 6.20 Å². The third-order valence-corrected chi connectivity index (χ3v) is 1.43. The molecule has 0 radical (unpaired) electrons. The number of nitrogens with zero attached hydrogens (tertiary/aromatic N) is 1. The van der Waals surface area contributed by atoms with E-state index < -0.39 is 5.91 Å². The van der Waals surface area contributed by atoms with Gasteiger partial charge in [0.25, 0.3) is 5.91 Å². The molecule has 3 N–H and O–H groups in total. The van der Waals surface area contributed by atoms with E-state index in [1.54, 1.807) is 18.3 Å². The summed E-state index contributed by atoms with van der Waals surface area (Å²) in [4.78, 5) is 14.8. The number of aromatic nitrogens is 1. The normalized spacial score (nSPS) is 8.85. The Morgan fingerprint density at radius 2 is 2.54 bits per heavy atom. The summed E-state index contributed by atoms with van der Waals surface area (Å²) in [6, 6.07) is 3.23. The van der Waals surface area contributed by atoms with Crippen molar-refractivity contribution in [3.05, 3.63) is 23.9 Å². The lowest BCUT2D eigenvalue weighted by atomic mass is 10.2. The van der Waals surface area contributed by atoms with Crippen molar-refractivity contribution in [3.63, 3.8) is 0 Å². The van der Waals surface area contributed by atoms with Gasteiger partial charge in [-0.05, 0) is 12.1 Å². The maximum absolute atomic E-state index is 10.9. The van der Waals surface area contributed by atoms with Crippen molar-refractivity contribution < 1.29 is 4.79 Å². The number of primary amides is 1. The summed E-state index contributed by atoms with van der Waals surface area (Å²) in [5, 5.41) is 2.80. The second-order valence-corrected chi connectivity index (χ2v) is 2.32. The highest BCUT2D eigenvalue weighted by molar-refractivity contribution is 5.97. The van der Waals surface area contributed by atoms with Crippen LogP contribution >= 0.6 is 0 Å². The number of hydrogen-bond donors (Lipinski definition) is 2. The zero-order chi connectivity index (χ0) is 9.68. The number of terminal acetylenes is 1. The number of nitrogens with one attached hydrogen (secondary N) is 1. The quantitative estimate of drug-likeness (QED) is 0.646. The van der Waals surface area contributed by atoms with Crippen LogP contribution in [0.2, 0.25) is 0 Å².